The lowest BCUT2D eigenvalue weighted by Gasteiger charge is -2.10. The van der Waals surface area contributed by atoms with Crippen LogP contribution in [0.2, 0.25) is 0 Å². The molecule has 0 radical (unpaired) electrons. The first-order chi connectivity index (χ1) is 21.8. The molecule has 6 aromatic carbocycles. The van der Waals surface area contributed by atoms with Gasteiger partial charge in [0.05, 0.1) is 11.0 Å². The van der Waals surface area contributed by atoms with Crippen LogP contribution >= 0.6 is 11.3 Å². The first-order valence-electron chi connectivity index (χ1n) is 14.6. The van der Waals surface area contributed by atoms with Crippen LogP contribution in [-0.2, 0) is 0 Å². The molecule has 9 aromatic rings. The Hall–Kier alpha value is -5.65. The number of fused-ring (bicyclic) bond motifs is 6. The Morgan fingerprint density at radius 1 is 0.386 bits per heavy atom. The minimum Gasteiger partial charge on any atom is -0.309 e. The molecule has 0 aliphatic carbocycles. The van der Waals surface area contributed by atoms with Crippen LogP contribution in [0.15, 0.2) is 146 Å². The van der Waals surface area contributed by atoms with Crippen molar-refractivity contribution in [1.82, 2.24) is 19.5 Å². The van der Waals surface area contributed by atoms with Gasteiger partial charge >= 0.3 is 0 Å². The monoisotopic (exact) mass is 580 g/mol. The predicted molar refractivity (Wildman–Crippen MR) is 183 cm³/mol. The van der Waals surface area contributed by atoms with Gasteiger partial charge in [-0.2, -0.15) is 0 Å². The molecule has 0 spiro atoms. The van der Waals surface area contributed by atoms with Crippen molar-refractivity contribution >= 4 is 53.3 Å². The highest BCUT2D eigenvalue weighted by atomic mass is 32.1. The van der Waals surface area contributed by atoms with Crippen LogP contribution < -0.4 is 0 Å². The third kappa shape index (κ3) is 4.02. The Kier molecular flexibility index (Phi) is 5.64. The lowest BCUT2D eigenvalue weighted by molar-refractivity contribution is 1.07. The van der Waals surface area contributed by atoms with E-state index in [-0.39, 0.29) is 0 Å². The van der Waals surface area contributed by atoms with Crippen molar-refractivity contribution in [3.8, 4) is 39.9 Å². The molecule has 3 heterocycles. The minimum absolute atomic E-state index is 0.655. The molecule has 0 bridgehead atoms. The summed E-state index contributed by atoms with van der Waals surface area (Å²) in [6.07, 6.45) is 0. The van der Waals surface area contributed by atoms with Gasteiger partial charge in [0.25, 0.3) is 0 Å². The van der Waals surface area contributed by atoms with Gasteiger partial charge in [-0.05, 0) is 60.7 Å². The molecule has 9 rings (SSSR count). The summed E-state index contributed by atoms with van der Waals surface area (Å²) in [5, 5.41) is 4.84. The molecule has 4 nitrogen and oxygen atoms in total. The Morgan fingerprint density at radius 2 is 0.932 bits per heavy atom. The first kappa shape index (κ1) is 24.9. The summed E-state index contributed by atoms with van der Waals surface area (Å²) in [7, 11) is 0. The van der Waals surface area contributed by atoms with Crippen molar-refractivity contribution in [2.45, 2.75) is 0 Å². The van der Waals surface area contributed by atoms with Crippen molar-refractivity contribution in [3.63, 3.8) is 0 Å². The van der Waals surface area contributed by atoms with E-state index >= 15 is 0 Å². The Morgan fingerprint density at radius 3 is 1.70 bits per heavy atom. The zero-order valence-electron chi connectivity index (χ0n) is 23.6. The second kappa shape index (κ2) is 9.97. The Bertz CT molecular complexity index is 2490. The van der Waals surface area contributed by atoms with E-state index in [1.165, 1.54) is 31.1 Å². The third-order valence-corrected chi connectivity index (χ3v) is 9.40. The van der Waals surface area contributed by atoms with Gasteiger partial charge in [-0.15, -0.1) is 11.3 Å². The summed E-state index contributed by atoms with van der Waals surface area (Å²) in [5.74, 6) is 1.98. The highest BCUT2D eigenvalue weighted by molar-refractivity contribution is 7.25. The second-order valence-corrected chi connectivity index (χ2v) is 12.0. The third-order valence-electron chi connectivity index (χ3n) is 8.25. The molecule has 0 saturated heterocycles. The van der Waals surface area contributed by atoms with E-state index in [0.29, 0.717) is 17.5 Å². The van der Waals surface area contributed by atoms with Crippen LogP contribution in [-0.4, -0.2) is 19.5 Å². The summed E-state index contributed by atoms with van der Waals surface area (Å²) >= 11 is 1.81. The van der Waals surface area contributed by atoms with Gasteiger partial charge in [-0.1, -0.05) is 84.9 Å². The van der Waals surface area contributed by atoms with Crippen molar-refractivity contribution in [2.75, 3.05) is 0 Å². The fourth-order valence-electron chi connectivity index (χ4n) is 6.18. The molecular weight excluding hydrogens is 557 g/mol. The van der Waals surface area contributed by atoms with Crippen LogP contribution in [0, 0.1) is 0 Å². The number of para-hydroxylation sites is 2. The van der Waals surface area contributed by atoms with Crippen LogP contribution in [0.4, 0.5) is 0 Å². The summed E-state index contributed by atoms with van der Waals surface area (Å²) < 4.78 is 4.86. The van der Waals surface area contributed by atoms with E-state index in [0.717, 1.165) is 33.3 Å². The summed E-state index contributed by atoms with van der Waals surface area (Å²) in [5.41, 5.74) is 6.34. The molecule has 206 valence electrons. The van der Waals surface area contributed by atoms with Crippen LogP contribution in [0.1, 0.15) is 0 Å². The maximum atomic E-state index is 5.10. The molecule has 0 atom stereocenters. The molecule has 0 aliphatic heterocycles. The standard InChI is InChI=1S/C39H24N4S/c1-3-11-25(12-4-1)37-40-38(42-39(41-37)27-20-22-36-32(24-27)30-16-8-10-18-35(30)44-36)26-19-21-34-31(23-26)29-15-7-9-17-33(29)43(34)28-13-5-2-6-14-28/h1-24H. The average Bonchev–Trinajstić information content (AvgIpc) is 3.64. The van der Waals surface area contributed by atoms with Gasteiger partial charge < -0.3 is 4.57 Å². The highest BCUT2D eigenvalue weighted by Gasteiger charge is 2.17. The van der Waals surface area contributed by atoms with Crippen LogP contribution in [0.5, 0.6) is 0 Å². The predicted octanol–water partition coefficient (Wildman–Crippen LogP) is 10.3. The second-order valence-electron chi connectivity index (χ2n) is 10.9. The van der Waals surface area contributed by atoms with Gasteiger partial charge in [-0.25, -0.2) is 15.0 Å². The number of rotatable bonds is 4. The van der Waals surface area contributed by atoms with Gasteiger partial charge in [0.15, 0.2) is 17.5 Å². The molecule has 44 heavy (non-hydrogen) atoms. The highest BCUT2D eigenvalue weighted by Crippen LogP contribution is 2.37. The average molecular weight is 581 g/mol. The van der Waals surface area contributed by atoms with E-state index in [1.54, 1.807) is 0 Å². The molecule has 0 aliphatic rings. The summed E-state index contributed by atoms with van der Waals surface area (Å²) in [6.45, 7) is 0. The van der Waals surface area contributed by atoms with Gasteiger partial charge in [-0.3, -0.25) is 0 Å². The summed E-state index contributed by atoms with van der Waals surface area (Å²) in [4.78, 5) is 15.1. The van der Waals surface area contributed by atoms with E-state index in [1.807, 2.05) is 29.5 Å². The largest absolute Gasteiger partial charge is 0.309 e. The SMILES string of the molecule is c1ccc(-c2nc(-c3ccc4sc5ccccc5c4c3)nc(-c3ccc4c(c3)c3ccccc3n4-c3ccccc3)n2)cc1. The van der Waals surface area contributed by atoms with Gasteiger partial charge in [0.1, 0.15) is 0 Å². The number of hydrogen-bond donors (Lipinski definition) is 0. The smallest absolute Gasteiger partial charge is 0.164 e. The van der Waals surface area contributed by atoms with E-state index in [9.17, 15) is 0 Å². The van der Waals surface area contributed by atoms with Crippen LogP contribution in [0.25, 0.3) is 81.8 Å². The van der Waals surface area contributed by atoms with Crippen molar-refractivity contribution < 1.29 is 0 Å². The maximum Gasteiger partial charge on any atom is 0.164 e. The Labute approximate surface area is 257 Å². The molecule has 0 N–H and O–H groups in total. The van der Waals surface area contributed by atoms with Crippen molar-refractivity contribution in [1.29, 1.82) is 0 Å². The quantitative estimate of drug-likeness (QED) is 0.208. The number of nitrogens with zero attached hydrogens (tertiary/aromatic N) is 4. The van der Waals surface area contributed by atoms with E-state index in [4.69, 9.17) is 15.0 Å². The van der Waals surface area contributed by atoms with Gasteiger partial charge in [0.2, 0.25) is 0 Å². The molecule has 0 amide bonds. The molecular formula is C39H24N4S. The number of thiophene rings is 1. The molecule has 3 aromatic heterocycles. The van der Waals surface area contributed by atoms with Crippen molar-refractivity contribution in [3.05, 3.63) is 146 Å². The number of hydrogen-bond acceptors (Lipinski definition) is 4. The molecule has 5 heteroatoms. The lowest BCUT2D eigenvalue weighted by Crippen LogP contribution is -2.00. The zero-order valence-corrected chi connectivity index (χ0v) is 24.4. The first-order valence-corrected chi connectivity index (χ1v) is 15.4. The maximum absolute atomic E-state index is 5.10. The fraction of sp³-hybridized carbons (Fsp3) is 0. The topological polar surface area (TPSA) is 43.6 Å². The Balaban J connectivity index is 1.26. The molecule has 0 unspecified atom stereocenters. The van der Waals surface area contributed by atoms with Crippen molar-refractivity contribution in [2.24, 2.45) is 0 Å². The number of aromatic nitrogens is 4. The zero-order chi connectivity index (χ0) is 29.0. The minimum atomic E-state index is 0.655. The summed E-state index contributed by atoms with van der Waals surface area (Å²) in [6, 6.07) is 50.9. The van der Waals surface area contributed by atoms with E-state index in [2.05, 4.69) is 132 Å². The fourth-order valence-corrected chi connectivity index (χ4v) is 7.27. The molecule has 0 saturated carbocycles. The van der Waals surface area contributed by atoms with Crippen LogP contribution in [0.3, 0.4) is 0 Å². The van der Waals surface area contributed by atoms with E-state index < -0.39 is 0 Å². The van der Waals surface area contributed by atoms with Gasteiger partial charge in [0, 0.05) is 53.3 Å². The normalized spacial score (nSPS) is 11.6. The lowest BCUT2D eigenvalue weighted by atomic mass is 10.1. The molecule has 0 fully saturated rings. The number of benzene rings is 6.